The van der Waals surface area contributed by atoms with Gasteiger partial charge in [-0.15, -0.1) is 0 Å². The minimum absolute atomic E-state index is 0.0547. The first-order chi connectivity index (χ1) is 31.5. The van der Waals surface area contributed by atoms with E-state index in [0.717, 1.165) is 51.4 Å². The number of allylic oxidation sites excluding steroid dienone is 5. The molecule has 8 nitrogen and oxygen atoms in total. The zero-order valence-corrected chi connectivity index (χ0v) is 44.6. The summed E-state index contributed by atoms with van der Waals surface area (Å²) >= 11 is 0. The number of amides is 1. The number of carbonyl (C=O) groups excluding carboxylic acids is 1. The summed E-state index contributed by atoms with van der Waals surface area (Å²) < 4.78 is 23.6. The third kappa shape index (κ3) is 50.4. The Hall–Kier alpha value is -1.28. The summed E-state index contributed by atoms with van der Waals surface area (Å²) in [5.74, 6) is -0.197. The lowest BCUT2D eigenvalue weighted by atomic mass is 10.0. The van der Waals surface area contributed by atoms with Crippen LogP contribution in [0.2, 0.25) is 0 Å². The van der Waals surface area contributed by atoms with Crippen LogP contribution in [0.5, 0.6) is 0 Å². The number of nitrogens with zero attached hydrogens (tertiary/aromatic N) is 1. The molecule has 0 aliphatic carbocycles. The summed E-state index contributed by atoms with van der Waals surface area (Å²) in [4.78, 5) is 23.1. The predicted molar refractivity (Wildman–Crippen MR) is 281 cm³/mol. The lowest BCUT2D eigenvalue weighted by molar-refractivity contribution is -0.870. The molecule has 0 spiro atoms. The Morgan fingerprint density at radius 2 is 0.862 bits per heavy atom. The maximum atomic E-state index is 12.9. The zero-order valence-electron chi connectivity index (χ0n) is 43.7. The van der Waals surface area contributed by atoms with Crippen molar-refractivity contribution in [3.05, 3.63) is 36.5 Å². The summed E-state index contributed by atoms with van der Waals surface area (Å²) in [6.45, 7) is 4.76. The number of rotatable bonds is 51. The van der Waals surface area contributed by atoms with Crippen LogP contribution in [-0.4, -0.2) is 73.4 Å². The van der Waals surface area contributed by atoms with Gasteiger partial charge in [-0.25, -0.2) is 4.57 Å². The number of phosphoric acid groups is 1. The van der Waals surface area contributed by atoms with Crippen molar-refractivity contribution < 1.29 is 32.9 Å². The van der Waals surface area contributed by atoms with Gasteiger partial charge in [0, 0.05) is 6.42 Å². The van der Waals surface area contributed by atoms with E-state index in [4.69, 9.17) is 9.05 Å². The summed E-state index contributed by atoms with van der Waals surface area (Å²) in [6.07, 6.45) is 61.3. The van der Waals surface area contributed by atoms with Gasteiger partial charge in [-0.3, -0.25) is 13.8 Å². The Morgan fingerprint density at radius 3 is 1.28 bits per heavy atom. The lowest BCUT2D eigenvalue weighted by Gasteiger charge is -2.25. The van der Waals surface area contributed by atoms with Crippen molar-refractivity contribution in [2.24, 2.45) is 0 Å². The van der Waals surface area contributed by atoms with Crippen molar-refractivity contribution in [3.8, 4) is 0 Å². The van der Waals surface area contributed by atoms with E-state index in [1.54, 1.807) is 6.08 Å². The molecule has 0 fully saturated rings. The zero-order chi connectivity index (χ0) is 47.8. The Kier molecular flexibility index (Phi) is 46.8. The number of unbranched alkanes of at least 4 members (excludes halogenated alkanes) is 34. The van der Waals surface area contributed by atoms with Gasteiger partial charge in [0.05, 0.1) is 39.9 Å². The van der Waals surface area contributed by atoms with Gasteiger partial charge >= 0.3 is 7.82 Å². The third-order valence-corrected chi connectivity index (χ3v) is 13.6. The number of phosphoric ester groups is 1. The molecular weight excluding hydrogens is 828 g/mol. The van der Waals surface area contributed by atoms with Crippen LogP contribution < -0.4 is 5.32 Å². The normalized spacial score (nSPS) is 14.3. The van der Waals surface area contributed by atoms with Gasteiger partial charge in [0.25, 0.3) is 0 Å². The summed E-state index contributed by atoms with van der Waals surface area (Å²) in [6, 6.07) is -0.866. The van der Waals surface area contributed by atoms with Crippen LogP contribution in [0.1, 0.15) is 264 Å². The molecule has 0 radical (unpaired) electrons. The lowest BCUT2D eigenvalue weighted by Crippen LogP contribution is -2.45. The molecule has 65 heavy (non-hydrogen) atoms. The van der Waals surface area contributed by atoms with E-state index < -0.39 is 20.0 Å². The van der Waals surface area contributed by atoms with Crippen molar-refractivity contribution in [1.82, 2.24) is 5.32 Å². The highest BCUT2D eigenvalue weighted by molar-refractivity contribution is 7.47. The highest BCUT2D eigenvalue weighted by atomic mass is 31.2. The maximum Gasteiger partial charge on any atom is 0.472 e. The van der Waals surface area contributed by atoms with Gasteiger partial charge in [0.1, 0.15) is 13.2 Å². The quantitative estimate of drug-likeness (QED) is 0.0243. The molecule has 3 N–H and O–H groups in total. The highest BCUT2D eigenvalue weighted by Gasteiger charge is 2.27. The van der Waals surface area contributed by atoms with Crippen LogP contribution in [0.25, 0.3) is 0 Å². The first kappa shape index (κ1) is 63.7. The molecule has 384 valence electrons. The average molecular weight is 938 g/mol. The van der Waals surface area contributed by atoms with Crippen LogP contribution in [0.4, 0.5) is 0 Å². The van der Waals surface area contributed by atoms with Gasteiger partial charge in [-0.05, 0) is 51.4 Å². The second kappa shape index (κ2) is 47.8. The molecular formula is C56H110N2O6P+. The first-order valence-corrected chi connectivity index (χ1v) is 29.4. The molecule has 0 aliphatic rings. The Balaban J connectivity index is 4.07. The number of hydrogen-bond donors (Lipinski definition) is 3. The Labute approximate surface area is 404 Å². The Morgan fingerprint density at radius 1 is 0.508 bits per heavy atom. The molecule has 0 bridgehead atoms. The number of aliphatic hydroxyl groups is 1. The molecule has 1 amide bonds. The molecule has 0 rings (SSSR count). The van der Waals surface area contributed by atoms with E-state index in [9.17, 15) is 19.4 Å². The van der Waals surface area contributed by atoms with Crippen LogP contribution in [0.3, 0.4) is 0 Å². The molecule has 0 saturated carbocycles. The van der Waals surface area contributed by atoms with E-state index in [2.05, 4.69) is 43.5 Å². The fraction of sp³-hybridized carbons (Fsp3) is 0.875. The standard InChI is InChI=1S/C56H109N2O6P/c1-6-8-10-12-14-16-18-19-20-21-22-23-24-25-26-27-28-29-30-31-32-33-34-35-36-37-38-40-41-43-45-47-49-55(59)54(53-64-65(61,62)63-52-51-58(3,4)5)57-56(60)50-48-46-44-42-39-17-15-13-11-9-7-2/h13,15,40-41,47,49,54-55,59H,6-12,14,16-39,42-46,48,50-53H2,1-5H3,(H-,57,60,61,62)/p+1/b15-13-,41-40+,49-47+. The van der Waals surface area contributed by atoms with Gasteiger partial charge < -0.3 is 19.8 Å². The van der Waals surface area contributed by atoms with Gasteiger partial charge in [-0.1, -0.05) is 243 Å². The largest absolute Gasteiger partial charge is 0.472 e. The van der Waals surface area contributed by atoms with Crippen molar-refractivity contribution in [1.29, 1.82) is 0 Å². The molecule has 0 saturated heterocycles. The molecule has 3 unspecified atom stereocenters. The second-order valence-electron chi connectivity index (χ2n) is 20.3. The Bertz CT molecular complexity index is 1150. The first-order valence-electron chi connectivity index (χ1n) is 27.9. The number of nitrogens with one attached hydrogen (secondary N) is 1. The maximum absolute atomic E-state index is 12.9. The topological polar surface area (TPSA) is 105 Å². The number of hydrogen-bond acceptors (Lipinski definition) is 5. The molecule has 0 aromatic rings. The molecule has 0 aliphatic heterocycles. The van der Waals surface area contributed by atoms with Crippen LogP contribution >= 0.6 is 7.82 Å². The number of quaternary nitrogens is 1. The SMILES string of the molecule is CCCC/C=C\CCCCCCCC(=O)NC(COP(=O)(O)OCC[N+](C)(C)C)C(O)/C=C/CC/C=C/CCCCCCCCCCCCCCCCCCCCCCCCCCCC. The molecule has 0 heterocycles. The van der Waals surface area contributed by atoms with Gasteiger partial charge in [0.2, 0.25) is 5.91 Å². The second-order valence-corrected chi connectivity index (χ2v) is 21.8. The van der Waals surface area contributed by atoms with E-state index >= 15 is 0 Å². The summed E-state index contributed by atoms with van der Waals surface area (Å²) in [5, 5.41) is 13.8. The van der Waals surface area contributed by atoms with Crippen molar-refractivity contribution in [3.63, 3.8) is 0 Å². The summed E-state index contributed by atoms with van der Waals surface area (Å²) in [5.41, 5.74) is 0. The van der Waals surface area contributed by atoms with E-state index in [1.807, 2.05) is 27.2 Å². The van der Waals surface area contributed by atoms with Gasteiger partial charge in [-0.2, -0.15) is 0 Å². The summed E-state index contributed by atoms with van der Waals surface area (Å²) in [7, 11) is 1.55. The van der Waals surface area contributed by atoms with Crippen LogP contribution in [0, 0.1) is 0 Å². The fourth-order valence-electron chi connectivity index (χ4n) is 8.16. The molecule has 3 atom stereocenters. The molecule has 9 heteroatoms. The van der Waals surface area contributed by atoms with E-state index in [1.165, 1.54) is 193 Å². The van der Waals surface area contributed by atoms with E-state index in [-0.39, 0.29) is 19.1 Å². The number of likely N-dealkylation sites (N-methyl/N-ethyl adjacent to an activating group) is 1. The fourth-order valence-corrected chi connectivity index (χ4v) is 8.89. The van der Waals surface area contributed by atoms with Crippen LogP contribution in [0.15, 0.2) is 36.5 Å². The van der Waals surface area contributed by atoms with Gasteiger partial charge in [0.15, 0.2) is 0 Å². The minimum Gasteiger partial charge on any atom is -0.387 e. The van der Waals surface area contributed by atoms with E-state index in [0.29, 0.717) is 17.4 Å². The third-order valence-electron chi connectivity index (χ3n) is 12.6. The average Bonchev–Trinajstić information content (AvgIpc) is 3.26. The van der Waals surface area contributed by atoms with Crippen LogP contribution in [-0.2, 0) is 18.4 Å². The predicted octanol–water partition coefficient (Wildman–Crippen LogP) is 16.6. The minimum atomic E-state index is -4.35. The van der Waals surface area contributed by atoms with Crippen molar-refractivity contribution in [2.45, 2.75) is 276 Å². The molecule has 0 aromatic carbocycles. The monoisotopic (exact) mass is 938 g/mol. The number of aliphatic hydroxyl groups excluding tert-OH is 1. The molecule has 0 aromatic heterocycles. The number of carbonyl (C=O) groups is 1. The highest BCUT2D eigenvalue weighted by Crippen LogP contribution is 2.43. The smallest absolute Gasteiger partial charge is 0.387 e. The van der Waals surface area contributed by atoms with Crippen molar-refractivity contribution >= 4 is 13.7 Å². The van der Waals surface area contributed by atoms with Crippen molar-refractivity contribution in [2.75, 3.05) is 40.9 Å².